The number of anilines is 1. The van der Waals surface area contributed by atoms with Gasteiger partial charge in [0.25, 0.3) is 5.91 Å². The van der Waals surface area contributed by atoms with Gasteiger partial charge in [0, 0.05) is 13.1 Å². The summed E-state index contributed by atoms with van der Waals surface area (Å²) in [5.74, 6) is -0.170. The Hall–Kier alpha value is -1.17. The maximum atomic E-state index is 11.7. The Kier molecular flexibility index (Phi) is 3.71. The van der Waals surface area contributed by atoms with E-state index in [-0.39, 0.29) is 5.91 Å². The molecule has 1 fully saturated rings. The van der Waals surface area contributed by atoms with E-state index in [0.717, 1.165) is 6.54 Å². The molecule has 1 aliphatic heterocycles. The molecular weight excluding hydrogens is 230 g/mol. The monoisotopic (exact) mass is 241 g/mol. The molecule has 1 unspecified atom stereocenters. The van der Waals surface area contributed by atoms with Gasteiger partial charge in [-0.2, -0.15) is 0 Å². The maximum Gasteiger partial charge on any atom is 0.254 e. The van der Waals surface area contributed by atoms with Crippen molar-refractivity contribution in [3.05, 3.63) is 23.5 Å². The normalized spacial score (nSPS) is 20.4. The summed E-state index contributed by atoms with van der Waals surface area (Å²) < 4.78 is 5.31. The van der Waals surface area contributed by atoms with Crippen LogP contribution in [0.25, 0.3) is 0 Å². The third-order valence-corrected chi connectivity index (χ3v) is 2.44. The SMILES string of the molecule is O=C(Nc1ccc(Cl)nc1)C1CNCCO1. The molecule has 1 aromatic heterocycles. The zero-order valence-corrected chi connectivity index (χ0v) is 9.33. The van der Waals surface area contributed by atoms with Crippen LogP contribution in [0.4, 0.5) is 5.69 Å². The van der Waals surface area contributed by atoms with Gasteiger partial charge in [-0.05, 0) is 12.1 Å². The van der Waals surface area contributed by atoms with Crippen LogP contribution in [0.15, 0.2) is 18.3 Å². The van der Waals surface area contributed by atoms with Crippen LogP contribution in [0.3, 0.4) is 0 Å². The summed E-state index contributed by atoms with van der Waals surface area (Å²) in [6.07, 6.45) is 1.07. The van der Waals surface area contributed by atoms with Crippen molar-refractivity contribution in [2.75, 3.05) is 25.0 Å². The maximum absolute atomic E-state index is 11.7. The number of halogens is 1. The molecule has 0 saturated carbocycles. The first-order chi connectivity index (χ1) is 7.75. The average molecular weight is 242 g/mol. The lowest BCUT2D eigenvalue weighted by atomic mass is 10.3. The summed E-state index contributed by atoms with van der Waals surface area (Å²) in [6.45, 7) is 1.87. The van der Waals surface area contributed by atoms with E-state index in [0.29, 0.717) is 24.0 Å². The summed E-state index contributed by atoms with van der Waals surface area (Å²) in [5.41, 5.74) is 0.614. The number of pyridine rings is 1. The van der Waals surface area contributed by atoms with Gasteiger partial charge >= 0.3 is 0 Å². The Bertz CT molecular complexity index is 363. The van der Waals surface area contributed by atoms with Gasteiger partial charge in [-0.25, -0.2) is 4.98 Å². The molecule has 1 amide bonds. The Morgan fingerprint density at radius 3 is 3.12 bits per heavy atom. The van der Waals surface area contributed by atoms with Gasteiger partial charge < -0.3 is 15.4 Å². The van der Waals surface area contributed by atoms with Crippen molar-refractivity contribution < 1.29 is 9.53 Å². The second-order valence-corrected chi connectivity index (χ2v) is 3.81. The minimum Gasteiger partial charge on any atom is -0.366 e. The van der Waals surface area contributed by atoms with E-state index in [1.165, 1.54) is 6.20 Å². The largest absolute Gasteiger partial charge is 0.366 e. The first-order valence-corrected chi connectivity index (χ1v) is 5.38. The molecule has 2 heterocycles. The van der Waals surface area contributed by atoms with Crippen molar-refractivity contribution in [3.8, 4) is 0 Å². The highest BCUT2D eigenvalue weighted by molar-refractivity contribution is 6.29. The van der Waals surface area contributed by atoms with Crippen molar-refractivity contribution in [1.82, 2.24) is 10.3 Å². The molecule has 0 aliphatic carbocycles. The van der Waals surface area contributed by atoms with E-state index in [1.54, 1.807) is 12.1 Å². The van der Waals surface area contributed by atoms with E-state index >= 15 is 0 Å². The molecule has 5 nitrogen and oxygen atoms in total. The number of nitrogens with zero attached hydrogens (tertiary/aromatic N) is 1. The number of carbonyl (C=O) groups is 1. The zero-order chi connectivity index (χ0) is 11.4. The Morgan fingerprint density at radius 1 is 1.62 bits per heavy atom. The average Bonchev–Trinajstić information content (AvgIpc) is 2.33. The van der Waals surface area contributed by atoms with Crippen LogP contribution in [-0.2, 0) is 9.53 Å². The molecule has 0 aromatic carbocycles. The Morgan fingerprint density at radius 2 is 2.50 bits per heavy atom. The number of morpholine rings is 1. The van der Waals surface area contributed by atoms with Crippen molar-refractivity contribution >= 4 is 23.2 Å². The fraction of sp³-hybridized carbons (Fsp3) is 0.400. The summed E-state index contributed by atoms with van der Waals surface area (Å²) in [4.78, 5) is 15.6. The number of carbonyl (C=O) groups excluding carboxylic acids is 1. The molecule has 2 rings (SSSR count). The highest BCUT2D eigenvalue weighted by Crippen LogP contribution is 2.10. The molecule has 0 spiro atoms. The fourth-order valence-electron chi connectivity index (χ4n) is 1.41. The minimum atomic E-state index is -0.440. The zero-order valence-electron chi connectivity index (χ0n) is 8.57. The second-order valence-electron chi connectivity index (χ2n) is 3.42. The fourth-order valence-corrected chi connectivity index (χ4v) is 1.52. The van der Waals surface area contributed by atoms with Gasteiger partial charge in [-0.15, -0.1) is 0 Å². The van der Waals surface area contributed by atoms with Gasteiger partial charge in [0.15, 0.2) is 0 Å². The Labute approximate surface area is 98.1 Å². The number of nitrogens with one attached hydrogen (secondary N) is 2. The van der Waals surface area contributed by atoms with Gasteiger partial charge in [-0.3, -0.25) is 4.79 Å². The predicted octanol–water partition coefficient (Wildman–Crippen LogP) is 0.662. The molecule has 1 aliphatic rings. The van der Waals surface area contributed by atoms with Crippen molar-refractivity contribution in [2.45, 2.75) is 6.10 Å². The second kappa shape index (κ2) is 5.25. The Balaban J connectivity index is 1.93. The molecule has 86 valence electrons. The number of ether oxygens (including phenoxy) is 1. The van der Waals surface area contributed by atoms with Gasteiger partial charge in [0.2, 0.25) is 0 Å². The predicted molar refractivity (Wildman–Crippen MR) is 60.5 cm³/mol. The lowest BCUT2D eigenvalue weighted by Gasteiger charge is -2.22. The van der Waals surface area contributed by atoms with Crippen LogP contribution in [0.2, 0.25) is 5.15 Å². The quantitative estimate of drug-likeness (QED) is 0.747. The number of aromatic nitrogens is 1. The van der Waals surface area contributed by atoms with Crippen LogP contribution in [-0.4, -0.2) is 36.7 Å². The third kappa shape index (κ3) is 2.91. The summed E-state index contributed by atoms with van der Waals surface area (Å²) in [6, 6.07) is 3.32. The van der Waals surface area contributed by atoms with E-state index in [4.69, 9.17) is 16.3 Å². The number of rotatable bonds is 2. The van der Waals surface area contributed by atoms with Crippen LogP contribution in [0.5, 0.6) is 0 Å². The minimum absolute atomic E-state index is 0.170. The van der Waals surface area contributed by atoms with Crippen molar-refractivity contribution in [2.24, 2.45) is 0 Å². The summed E-state index contributed by atoms with van der Waals surface area (Å²) >= 11 is 5.64. The molecule has 2 N–H and O–H groups in total. The van der Waals surface area contributed by atoms with Crippen LogP contribution in [0, 0.1) is 0 Å². The van der Waals surface area contributed by atoms with Gasteiger partial charge in [-0.1, -0.05) is 11.6 Å². The lowest BCUT2D eigenvalue weighted by molar-refractivity contribution is -0.128. The third-order valence-electron chi connectivity index (χ3n) is 2.21. The first-order valence-electron chi connectivity index (χ1n) is 5.00. The van der Waals surface area contributed by atoms with Crippen LogP contribution in [0.1, 0.15) is 0 Å². The molecule has 16 heavy (non-hydrogen) atoms. The lowest BCUT2D eigenvalue weighted by Crippen LogP contribution is -2.45. The van der Waals surface area contributed by atoms with Crippen molar-refractivity contribution in [3.63, 3.8) is 0 Å². The van der Waals surface area contributed by atoms with E-state index < -0.39 is 6.10 Å². The van der Waals surface area contributed by atoms with E-state index in [2.05, 4.69) is 15.6 Å². The molecule has 0 radical (unpaired) electrons. The van der Waals surface area contributed by atoms with Crippen molar-refractivity contribution in [1.29, 1.82) is 0 Å². The van der Waals surface area contributed by atoms with Crippen LogP contribution < -0.4 is 10.6 Å². The summed E-state index contributed by atoms with van der Waals surface area (Å²) in [5, 5.41) is 6.20. The first kappa shape index (κ1) is 11.3. The van der Waals surface area contributed by atoms with Gasteiger partial charge in [0.05, 0.1) is 18.5 Å². The van der Waals surface area contributed by atoms with Crippen LogP contribution >= 0.6 is 11.6 Å². The molecule has 6 heteroatoms. The number of hydrogen-bond donors (Lipinski definition) is 2. The molecule has 1 saturated heterocycles. The molecule has 1 aromatic rings. The number of amides is 1. The molecule has 0 bridgehead atoms. The standard InChI is InChI=1S/C10H12ClN3O2/c11-9-2-1-7(5-13-9)14-10(15)8-6-12-3-4-16-8/h1-2,5,8,12H,3-4,6H2,(H,14,15). The molecular formula is C10H12ClN3O2. The number of hydrogen-bond acceptors (Lipinski definition) is 4. The highest BCUT2D eigenvalue weighted by Gasteiger charge is 2.21. The van der Waals surface area contributed by atoms with E-state index in [1.807, 2.05) is 0 Å². The topological polar surface area (TPSA) is 63.2 Å². The van der Waals surface area contributed by atoms with Gasteiger partial charge in [0.1, 0.15) is 11.3 Å². The summed E-state index contributed by atoms with van der Waals surface area (Å²) in [7, 11) is 0. The molecule has 1 atom stereocenters. The smallest absolute Gasteiger partial charge is 0.254 e. The van der Waals surface area contributed by atoms with E-state index in [9.17, 15) is 4.79 Å². The highest BCUT2D eigenvalue weighted by atomic mass is 35.5.